The number of carbonyl (C=O) groups excluding carboxylic acids is 2. The highest BCUT2D eigenvalue weighted by Gasteiger charge is 2.34. The van der Waals surface area contributed by atoms with Gasteiger partial charge in [-0.3, -0.25) is 30.1 Å². The lowest BCUT2D eigenvalue weighted by Gasteiger charge is -2.15. The summed E-state index contributed by atoms with van der Waals surface area (Å²) in [4.78, 5) is 40.2. The van der Waals surface area contributed by atoms with Gasteiger partial charge in [0.05, 0.1) is 9.83 Å². The second-order valence-corrected chi connectivity index (χ2v) is 9.14. The van der Waals surface area contributed by atoms with Gasteiger partial charge in [-0.1, -0.05) is 41.6 Å². The molecule has 1 aromatic heterocycles. The molecule has 0 atom stereocenters. The van der Waals surface area contributed by atoms with Crippen molar-refractivity contribution in [3.05, 3.63) is 104 Å². The molecule has 1 fully saturated rings. The van der Waals surface area contributed by atoms with Crippen molar-refractivity contribution in [1.29, 1.82) is 0 Å². The average molecular weight is 527 g/mol. The van der Waals surface area contributed by atoms with E-state index < -0.39 is 16.7 Å². The van der Waals surface area contributed by atoms with Gasteiger partial charge < -0.3 is 4.74 Å². The zero-order valence-corrected chi connectivity index (χ0v) is 20.1. The van der Waals surface area contributed by atoms with Gasteiger partial charge in [0, 0.05) is 46.2 Å². The minimum absolute atomic E-state index is 0.104. The molecule has 2 aromatic carbocycles. The van der Waals surface area contributed by atoms with Crippen molar-refractivity contribution in [3.8, 4) is 5.75 Å². The number of pyridine rings is 1. The van der Waals surface area contributed by atoms with E-state index in [1.54, 1.807) is 18.2 Å². The van der Waals surface area contributed by atoms with E-state index in [4.69, 9.17) is 28.6 Å². The Kier molecular flexibility index (Phi) is 7.39. The third-order valence-electron chi connectivity index (χ3n) is 4.78. The van der Waals surface area contributed by atoms with Crippen LogP contribution in [0.3, 0.4) is 0 Å². The predicted molar refractivity (Wildman–Crippen MR) is 136 cm³/mol. The Labute approximate surface area is 213 Å². The van der Waals surface area contributed by atoms with E-state index in [0.29, 0.717) is 21.9 Å². The lowest BCUT2D eigenvalue weighted by molar-refractivity contribution is -0.384. The van der Waals surface area contributed by atoms with E-state index in [0.717, 1.165) is 22.3 Å². The summed E-state index contributed by atoms with van der Waals surface area (Å²) in [6, 6.07) is 14.2. The van der Waals surface area contributed by atoms with Crippen molar-refractivity contribution in [2.24, 2.45) is 0 Å². The largest absolute Gasteiger partial charge is 0.488 e. The molecule has 1 aliphatic heterocycles. The van der Waals surface area contributed by atoms with Crippen LogP contribution in [-0.2, 0) is 11.4 Å². The molecule has 0 radical (unpaired) electrons. The number of rotatable bonds is 7. The van der Waals surface area contributed by atoms with Gasteiger partial charge in [-0.25, -0.2) is 0 Å². The minimum atomic E-state index is -0.578. The number of hydrazine groups is 1. The van der Waals surface area contributed by atoms with Gasteiger partial charge in [0.15, 0.2) is 4.32 Å². The topological polar surface area (TPSA) is 115 Å². The average Bonchev–Trinajstić information content (AvgIpc) is 3.11. The van der Waals surface area contributed by atoms with Crippen LogP contribution in [0.5, 0.6) is 5.75 Å². The van der Waals surface area contributed by atoms with Crippen LogP contribution in [0.15, 0.2) is 71.9 Å². The number of thioether (sulfide) groups is 1. The number of aromatic nitrogens is 1. The second-order valence-electron chi connectivity index (χ2n) is 7.05. The van der Waals surface area contributed by atoms with Crippen LogP contribution in [0.25, 0.3) is 6.08 Å². The van der Waals surface area contributed by atoms with Crippen LogP contribution in [0.2, 0.25) is 5.02 Å². The maximum Gasteiger partial charge on any atom is 0.285 e. The zero-order valence-electron chi connectivity index (χ0n) is 17.7. The smallest absolute Gasteiger partial charge is 0.285 e. The molecule has 0 bridgehead atoms. The quantitative estimate of drug-likeness (QED) is 0.203. The molecule has 1 aliphatic rings. The lowest BCUT2D eigenvalue weighted by atomic mass is 10.1. The summed E-state index contributed by atoms with van der Waals surface area (Å²) in [5.41, 5.74) is 3.61. The highest BCUT2D eigenvalue weighted by atomic mass is 35.5. The number of halogens is 1. The molecule has 35 heavy (non-hydrogen) atoms. The molecule has 0 aliphatic carbocycles. The number of amides is 2. The molecule has 1 saturated heterocycles. The number of benzene rings is 2. The molecular formula is C23H15ClN4O5S2. The number of carbonyl (C=O) groups is 2. The standard InChI is InChI=1S/C23H15ClN4O5S2/c24-18-4-2-1-3-15(18)13-33-19-6-5-17(28(31)32)11-16(19)12-20-22(30)27(23(34)35-20)26-21(29)14-7-9-25-10-8-14/h1-12H,13H2,(H,26,29)/b20-12-. The molecule has 12 heteroatoms. The summed E-state index contributed by atoms with van der Waals surface area (Å²) < 4.78 is 5.97. The third kappa shape index (κ3) is 5.65. The number of hydrogen-bond donors (Lipinski definition) is 1. The first kappa shape index (κ1) is 24.3. The fourth-order valence-electron chi connectivity index (χ4n) is 3.04. The molecule has 2 amide bonds. The maximum atomic E-state index is 13.0. The van der Waals surface area contributed by atoms with Gasteiger partial charge in [0.1, 0.15) is 12.4 Å². The fraction of sp³-hybridized carbons (Fsp3) is 0.0435. The Bertz CT molecular complexity index is 1370. The highest BCUT2D eigenvalue weighted by Crippen LogP contribution is 2.35. The van der Waals surface area contributed by atoms with Gasteiger partial charge in [-0.2, -0.15) is 5.01 Å². The molecule has 176 valence electrons. The molecule has 0 saturated carbocycles. The first-order valence-corrected chi connectivity index (χ1v) is 11.6. The Hall–Kier alpha value is -3.80. The Morgan fingerprint density at radius 1 is 1.23 bits per heavy atom. The predicted octanol–water partition coefficient (Wildman–Crippen LogP) is 4.77. The van der Waals surface area contributed by atoms with E-state index in [9.17, 15) is 19.7 Å². The van der Waals surface area contributed by atoms with Crippen molar-refractivity contribution < 1.29 is 19.2 Å². The van der Waals surface area contributed by atoms with E-state index in [1.807, 2.05) is 6.07 Å². The number of nitro groups is 1. The van der Waals surface area contributed by atoms with Gasteiger partial charge in [-0.05, 0) is 42.6 Å². The number of thiocarbonyl (C=S) groups is 1. The van der Waals surface area contributed by atoms with Crippen molar-refractivity contribution in [2.75, 3.05) is 0 Å². The molecule has 9 nitrogen and oxygen atoms in total. The molecule has 0 spiro atoms. The Morgan fingerprint density at radius 2 is 1.97 bits per heavy atom. The number of nitrogens with one attached hydrogen (secondary N) is 1. The molecule has 4 rings (SSSR count). The molecule has 0 unspecified atom stereocenters. The fourth-order valence-corrected chi connectivity index (χ4v) is 4.40. The van der Waals surface area contributed by atoms with E-state index in [2.05, 4.69) is 10.4 Å². The van der Waals surface area contributed by atoms with E-state index in [-0.39, 0.29) is 21.5 Å². The zero-order chi connectivity index (χ0) is 24.9. The summed E-state index contributed by atoms with van der Waals surface area (Å²) in [5, 5.41) is 12.8. The normalized spacial score (nSPS) is 14.3. The van der Waals surface area contributed by atoms with Crippen molar-refractivity contribution >= 4 is 63.5 Å². The monoisotopic (exact) mass is 526 g/mol. The van der Waals surface area contributed by atoms with Crippen LogP contribution < -0.4 is 10.2 Å². The van der Waals surface area contributed by atoms with Gasteiger partial charge >= 0.3 is 0 Å². The highest BCUT2D eigenvalue weighted by molar-refractivity contribution is 8.26. The molecule has 1 N–H and O–H groups in total. The van der Waals surface area contributed by atoms with Gasteiger partial charge in [0.25, 0.3) is 17.5 Å². The summed E-state index contributed by atoms with van der Waals surface area (Å²) in [5.74, 6) is -0.809. The van der Waals surface area contributed by atoms with Crippen molar-refractivity contribution in [2.45, 2.75) is 6.61 Å². The summed E-state index contributed by atoms with van der Waals surface area (Å²) in [6.07, 6.45) is 4.34. The third-order valence-corrected chi connectivity index (χ3v) is 6.45. The molecule has 2 heterocycles. The lowest BCUT2D eigenvalue weighted by Crippen LogP contribution is -2.44. The van der Waals surface area contributed by atoms with Crippen LogP contribution in [0.1, 0.15) is 21.5 Å². The summed E-state index contributed by atoms with van der Waals surface area (Å²) >= 11 is 12.4. The molecule has 3 aromatic rings. The maximum absolute atomic E-state index is 13.0. The van der Waals surface area contributed by atoms with Gasteiger partial charge in [0.2, 0.25) is 0 Å². The van der Waals surface area contributed by atoms with Crippen LogP contribution in [0.4, 0.5) is 5.69 Å². The van der Waals surface area contributed by atoms with Crippen molar-refractivity contribution in [3.63, 3.8) is 0 Å². The van der Waals surface area contributed by atoms with E-state index >= 15 is 0 Å². The van der Waals surface area contributed by atoms with Crippen molar-refractivity contribution in [1.82, 2.24) is 15.4 Å². The number of non-ortho nitro benzene ring substituents is 1. The number of ether oxygens (including phenoxy) is 1. The second kappa shape index (κ2) is 10.6. The summed E-state index contributed by atoms with van der Waals surface area (Å²) in [7, 11) is 0. The molecular weight excluding hydrogens is 512 g/mol. The minimum Gasteiger partial charge on any atom is -0.488 e. The Morgan fingerprint density at radius 3 is 2.69 bits per heavy atom. The first-order valence-electron chi connectivity index (χ1n) is 9.97. The first-order chi connectivity index (χ1) is 16.8. The van der Waals surface area contributed by atoms with Gasteiger partial charge in [-0.15, -0.1) is 0 Å². The van der Waals surface area contributed by atoms with Crippen LogP contribution >= 0.6 is 35.6 Å². The van der Waals surface area contributed by atoms with E-state index in [1.165, 1.54) is 48.8 Å². The number of nitrogens with zero attached hydrogens (tertiary/aromatic N) is 3. The summed E-state index contributed by atoms with van der Waals surface area (Å²) in [6.45, 7) is 0.112. The number of hydrogen-bond acceptors (Lipinski definition) is 8. The van der Waals surface area contributed by atoms with Crippen LogP contribution in [0, 0.1) is 10.1 Å². The van der Waals surface area contributed by atoms with Crippen LogP contribution in [-0.4, -0.2) is 31.1 Å². The Balaban J connectivity index is 1.59. The SMILES string of the molecule is O=C(NN1C(=O)/C(=C/c2cc([N+](=O)[O-])ccc2OCc2ccccc2Cl)SC1=S)c1ccncc1. The number of nitro benzene ring substituents is 1.